The summed E-state index contributed by atoms with van der Waals surface area (Å²) in [4.78, 5) is 35.6. The molecule has 162 valence electrons. The van der Waals surface area contributed by atoms with Crippen molar-refractivity contribution in [1.82, 2.24) is 14.9 Å². The first-order chi connectivity index (χ1) is 15.6. The van der Waals surface area contributed by atoms with Gasteiger partial charge in [-0.05, 0) is 53.9 Å². The van der Waals surface area contributed by atoms with Gasteiger partial charge >= 0.3 is 0 Å². The van der Waals surface area contributed by atoms with Crippen molar-refractivity contribution in [2.75, 3.05) is 6.61 Å². The molecule has 7 nitrogen and oxygen atoms in total. The van der Waals surface area contributed by atoms with Crippen LogP contribution >= 0.6 is 0 Å². The van der Waals surface area contributed by atoms with Crippen molar-refractivity contribution in [3.8, 4) is 5.75 Å². The van der Waals surface area contributed by atoms with E-state index in [1.54, 1.807) is 73.3 Å². The van der Waals surface area contributed by atoms with E-state index >= 15 is 0 Å². The molecule has 3 aromatic rings. The van der Waals surface area contributed by atoms with E-state index in [0.29, 0.717) is 23.5 Å². The third-order valence-corrected chi connectivity index (χ3v) is 5.24. The molecular formula is C25H23N3O4. The van der Waals surface area contributed by atoms with Gasteiger partial charge in [0.1, 0.15) is 11.5 Å². The number of Topliss-reactive ketones (excluding diaryl/α,β-unsaturated/α-hetero) is 1. The average Bonchev–Trinajstić information content (AvgIpc) is 3.08. The summed E-state index contributed by atoms with van der Waals surface area (Å²) >= 11 is 0. The zero-order chi connectivity index (χ0) is 22.5. The van der Waals surface area contributed by atoms with Gasteiger partial charge in [-0.3, -0.25) is 19.6 Å². The number of ketones is 1. The summed E-state index contributed by atoms with van der Waals surface area (Å²) in [7, 11) is 0. The Morgan fingerprint density at radius 3 is 2.41 bits per heavy atom. The monoisotopic (exact) mass is 429 g/mol. The smallest absolute Gasteiger partial charge is 0.295 e. The van der Waals surface area contributed by atoms with Crippen LogP contribution in [0.2, 0.25) is 0 Å². The number of amides is 1. The summed E-state index contributed by atoms with van der Waals surface area (Å²) in [6, 6.07) is 13.2. The molecule has 0 spiro atoms. The van der Waals surface area contributed by atoms with Crippen LogP contribution in [0.3, 0.4) is 0 Å². The Kier molecular flexibility index (Phi) is 6.26. The quantitative estimate of drug-likeness (QED) is 0.348. The summed E-state index contributed by atoms with van der Waals surface area (Å²) in [6.07, 6.45) is 7.31. The number of hydrogen-bond donors (Lipinski definition) is 1. The normalized spacial score (nSPS) is 17.5. The maximum Gasteiger partial charge on any atom is 0.295 e. The molecular weight excluding hydrogens is 406 g/mol. The van der Waals surface area contributed by atoms with E-state index in [1.807, 2.05) is 6.92 Å². The summed E-state index contributed by atoms with van der Waals surface area (Å²) in [6.45, 7) is 2.75. The zero-order valence-electron chi connectivity index (χ0n) is 17.6. The second-order valence-corrected chi connectivity index (χ2v) is 7.44. The van der Waals surface area contributed by atoms with Crippen LogP contribution in [0.25, 0.3) is 5.76 Å². The van der Waals surface area contributed by atoms with Crippen LogP contribution in [0.15, 0.2) is 78.9 Å². The van der Waals surface area contributed by atoms with Crippen LogP contribution in [-0.2, 0) is 16.1 Å². The number of hydrogen-bond acceptors (Lipinski definition) is 6. The van der Waals surface area contributed by atoms with E-state index in [1.165, 1.54) is 4.90 Å². The second kappa shape index (κ2) is 9.43. The second-order valence-electron chi connectivity index (χ2n) is 7.44. The lowest BCUT2D eigenvalue weighted by atomic mass is 9.95. The van der Waals surface area contributed by atoms with Gasteiger partial charge in [0, 0.05) is 36.9 Å². The molecule has 32 heavy (non-hydrogen) atoms. The molecule has 4 rings (SSSR count). The molecule has 1 unspecified atom stereocenters. The SMILES string of the molecule is CCCOc1cccc(/C(O)=C2\C(=O)C(=O)N(Cc3ccncc3)C2c2ccncc2)c1. The molecule has 1 amide bonds. The number of benzene rings is 1. The fraction of sp³-hybridized carbons (Fsp3) is 0.200. The van der Waals surface area contributed by atoms with Crippen molar-refractivity contribution in [1.29, 1.82) is 0 Å². The van der Waals surface area contributed by atoms with Crippen molar-refractivity contribution < 1.29 is 19.4 Å². The van der Waals surface area contributed by atoms with E-state index in [-0.39, 0.29) is 17.9 Å². The van der Waals surface area contributed by atoms with Crippen LogP contribution in [0.1, 0.15) is 36.1 Å². The average molecular weight is 429 g/mol. The molecule has 1 aliphatic heterocycles. The van der Waals surface area contributed by atoms with Crippen molar-refractivity contribution in [2.45, 2.75) is 25.9 Å². The molecule has 1 N–H and O–H groups in total. The number of likely N-dealkylation sites (tertiary alicyclic amines) is 1. The molecule has 1 fully saturated rings. The van der Waals surface area contributed by atoms with Crippen molar-refractivity contribution in [3.63, 3.8) is 0 Å². The highest BCUT2D eigenvalue weighted by Gasteiger charge is 2.46. The number of aliphatic hydroxyl groups excluding tert-OH is 1. The molecule has 1 atom stereocenters. The maximum atomic E-state index is 13.1. The van der Waals surface area contributed by atoms with Gasteiger partial charge in [0.05, 0.1) is 18.2 Å². The molecule has 2 aromatic heterocycles. The van der Waals surface area contributed by atoms with Gasteiger partial charge in [0.2, 0.25) is 0 Å². The number of nitrogens with zero attached hydrogens (tertiary/aromatic N) is 3. The highest BCUT2D eigenvalue weighted by molar-refractivity contribution is 6.46. The predicted octanol–water partition coefficient (Wildman–Crippen LogP) is 3.89. The third kappa shape index (κ3) is 4.23. The van der Waals surface area contributed by atoms with E-state index < -0.39 is 17.7 Å². The van der Waals surface area contributed by atoms with Gasteiger partial charge < -0.3 is 14.7 Å². The Labute approximate surface area is 186 Å². The van der Waals surface area contributed by atoms with Gasteiger partial charge in [0.15, 0.2) is 0 Å². The standard InChI is InChI=1S/C25H23N3O4/c1-2-14-32-20-5-3-4-19(15-20)23(29)21-22(18-8-12-27-13-9-18)28(25(31)24(21)30)16-17-6-10-26-11-7-17/h3-13,15,22,29H,2,14,16H2,1H3/b23-21+. The molecule has 0 bridgehead atoms. The number of ether oxygens (including phenoxy) is 1. The lowest BCUT2D eigenvalue weighted by Gasteiger charge is -2.25. The Morgan fingerprint density at radius 2 is 1.72 bits per heavy atom. The van der Waals surface area contributed by atoms with Crippen molar-refractivity contribution in [3.05, 3.63) is 95.6 Å². The molecule has 1 saturated heterocycles. The minimum Gasteiger partial charge on any atom is -0.507 e. The van der Waals surface area contributed by atoms with Crippen LogP contribution in [-0.4, -0.2) is 38.3 Å². The van der Waals surface area contributed by atoms with Crippen LogP contribution in [0.5, 0.6) is 5.75 Å². The first kappa shape index (κ1) is 21.2. The molecule has 0 saturated carbocycles. The van der Waals surface area contributed by atoms with Gasteiger partial charge in [-0.1, -0.05) is 19.1 Å². The Morgan fingerprint density at radius 1 is 1.03 bits per heavy atom. The maximum absolute atomic E-state index is 13.1. The Balaban J connectivity index is 1.80. The zero-order valence-corrected chi connectivity index (χ0v) is 17.6. The topological polar surface area (TPSA) is 92.6 Å². The van der Waals surface area contributed by atoms with Crippen LogP contribution < -0.4 is 4.74 Å². The lowest BCUT2D eigenvalue weighted by Crippen LogP contribution is -2.29. The summed E-state index contributed by atoms with van der Waals surface area (Å²) in [5, 5.41) is 11.2. The number of carbonyl (C=O) groups is 2. The minimum atomic E-state index is -0.744. The highest BCUT2D eigenvalue weighted by atomic mass is 16.5. The van der Waals surface area contributed by atoms with Gasteiger partial charge in [-0.25, -0.2) is 0 Å². The van der Waals surface area contributed by atoms with Crippen LogP contribution in [0, 0.1) is 0 Å². The van der Waals surface area contributed by atoms with Gasteiger partial charge in [-0.15, -0.1) is 0 Å². The number of rotatable bonds is 7. The number of aliphatic hydroxyl groups is 1. The molecule has 7 heteroatoms. The summed E-state index contributed by atoms with van der Waals surface area (Å²) in [5.74, 6) is -1.03. The number of aromatic nitrogens is 2. The fourth-order valence-corrected chi connectivity index (χ4v) is 3.73. The fourth-order valence-electron chi connectivity index (χ4n) is 3.73. The van der Waals surface area contributed by atoms with E-state index in [2.05, 4.69) is 9.97 Å². The molecule has 3 heterocycles. The predicted molar refractivity (Wildman–Crippen MR) is 119 cm³/mol. The van der Waals surface area contributed by atoms with Gasteiger partial charge in [-0.2, -0.15) is 0 Å². The summed E-state index contributed by atoms with van der Waals surface area (Å²) in [5.41, 5.74) is 1.98. The molecule has 1 aliphatic rings. The summed E-state index contributed by atoms with van der Waals surface area (Å²) < 4.78 is 5.66. The van der Waals surface area contributed by atoms with E-state index in [0.717, 1.165) is 12.0 Å². The Hall–Kier alpha value is -4.00. The van der Waals surface area contributed by atoms with Crippen LogP contribution in [0.4, 0.5) is 0 Å². The first-order valence-corrected chi connectivity index (χ1v) is 10.4. The van der Waals surface area contributed by atoms with Gasteiger partial charge in [0.25, 0.3) is 11.7 Å². The third-order valence-electron chi connectivity index (χ3n) is 5.24. The van der Waals surface area contributed by atoms with Crippen molar-refractivity contribution >= 4 is 17.4 Å². The number of carbonyl (C=O) groups excluding carboxylic acids is 2. The lowest BCUT2D eigenvalue weighted by molar-refractivity contribution is -0.140. The first-order valence-electron chi connectivity index (χ1n) is 10.4. The largest absolute Gasteiger partial charge is 0.507 e. The Bertz CT molecular complexity index is 1150. The molecule has 0 aliphatic carbocycles. The van der Waals surface area contributed by atoms with E-state index in [4.69, 9.17) is 4.74 Å². The van der Waals surface area contributed by atoms with Crippen molar-refractivity contribution in [2.24, 2.45) is 0 Å². The number of pyridine rings is 2. The minimum absolute atomic E-state index is 0.0443. The molecule has 1 aromatic carbocycles. The van der Waals surface area contributed by atoms with E-state index in [9.17, 15) is 14.7 Å². The highest BCUT2D eigenvalue weighted by Crippen LogP contribution is 2.40. The molecule has 0 radical (unpaired) electrons.